The second-order valence-electron chi connectivity index (χ2n) is 6.11. The first-order valence-electron chi connectivity index (χ1n) is 8.47. The van der Waals surface area contributed by atoms with E-state index in [1.54, 1.807) is 30.6 Å². The number of aromatic nitrogens is 3. The summed E-state index contributed by atoms with van der Waals surface area (Å²) in [6.45, 7) is 2.38. The van der Waals surface area contributed by atoms with Crippen molar-refractivity contribution >= 4 is 38.6 Å². The molecule has 0 amide bonds. The molecule has 0 aliphatic rings. The van der Waals surface area contributed by atoms with Gasteiger partial charge >= 0.3 is 0 Å². The van der Waals surface area contributed by atoms with E-state index >= 15 is 0 Å². The highest BCUT2D eigenvalue weighted by atomic mass is 79.9. The van der Waals surface area contributed by atoms with Crippen LogP contribution in [-0.4, -0.2) is 21.9 Å². The topological polar surface area (TPSA) is 57.0 Å². The lowest BCUT2D eigenvalue weighted by Gasteiger charge is -2.06. The molecule has 8 heteroatoms. The summed E-state index contributed by atoms with van der Waals surface area (Å²) >= 11 is 6.67. The number of rotatable bonds is 5. The maximum absolute atomic E-state index is 12.3. The van der Waals surface area contributed by atoms with E-state index in [4.69, 9.17) is 9.72 Å². The fraction of sp³-hybridized carbons (Fsp3) is 0.150. The van der Waals surface area contributed by atoms with Gasteiger partial charge in [0, 0.05) is 20.8 Å². The van der Waals surface area contributed by atoms with Crippen LogP contribution in [0.4, 0.5) is 0 Å². The van der Waals surface area contributed by atoms with E-state index in [1.807, 2.05) is 29.6 Å². The zero-order chi connectivity index (χ0) is 19.7. The van der Waals surface area contributed by atoms with E-state index in [0.717, 1.165) is 37.1 Å². The minimum absolute atomic E-state index is 0.147. The van der Waals surface area contributed by atoms with Crippen molar-refractivity contribution in [2.75, 3.05) is 7.11 Å². The molecule has 3 aromatic heterocycles. The van der Waals surface area contributed by atoms with E-state index in [1.165, 1.54) is 20.9 Å². The molecule has 0 saturated carbocycles. The fourth-order valence-electron chi connectivity index (χ4n) is 2.77. The molecule has 28 heavy (non-hydrogen) atoms. The number of benzene rings is 1. The summed E-state index contributed by atoms with van der Waals surface area (Å²) in [6, 6.07) is 13.2. The summed E-state index contributed by atoms with van der Waals surface area (Å²) in [7, 11) is 1.64. The Morgan fingerprint density at radius 3 is 2.79 bits per heavy atom. The van der Waals surface area contributed by atoms with E-state index in [-0.39, 0.29) is 5.56 Å². The van der Waals surface area contributed by atoms with Crippen LogP contribution in [0.15, 0.2) is 57.1 Å². The van der Waals surface area contributed by atoms with Crippen molar-refractivity contribution in [3.63, 3.8) is 0 Å². The SMILES string of the molecule is COc1ccc(Br)cc1-c1nc(Cn2nc(-c3ccc(C)s3)ccc2=O)cs1. The van der Waals surface area contributed by atoms with Gasteiger partial charge in [0.1, 0.15) is 16.5 Å². The Morgan fingerprint density at radius 1 is 1.18 bits per heavy atom. The third-order valence-corrected chi connectivity index (χ3v) is 6.56. The minimum Gasteiger partial charge on any atom is -0.496 e. The van der Waals surface area contributed by atoms with Crippen LogP contribution in [0.1, 0.15) is 10.6 Å². The number of ether oxygens (including phenoxy) is 1. The monoisotopic (exact) mass is 473 g/mol. The molecule has 3 heterocycles. The van der Waals surface area contributed by atoms with E-state index < -0.39 is 0 Å². The molecule has 1 aromatic carbocycles. The van der Waals surface area contributed by atoms with Crippen LogP contribution in [0, 0.1) is 6.92 Å². The standard InChI is InChI=1S/C20H16BrN3O2S2/c1-12-3-7-18(28-12)16-5-8-19(25)24(23-16)10-14-11-27-20(22-14)15-9-13(21)4-6-17(15)26-2/h3-9,11H,10H2,1-2H3. The lowest BCUT2D eigenvalue weighted by Crippen LogP contribution is -2.22. The van der Waals surface area contributed by atoms with E-state index in [2.05, 4.69) is 34.0 Å². The fourth-order valence-corrected chi connectivity index (χ4v) is 4.79. The number of nitrogens with zero attached hydrogens (tertiary/aromatic N) is 3. The van der Waals surface area contributed by atoms with Crippen molar-refractivity contribution in [1.82, 2.24) is 14.8 Å². The summed E-state index contributed by atoms with van der Waals surface area (Å²) < 4.78 is 7.86. The van der Waals surface area contributed by atoms with Gasteiger partial charge in [-0.2, -0.15) is 5.10 Å². The van der Waals surface area contributed by atoms with Gasteiger partial charge in [0.05, 0.1) is 29.8 Å². The highest BCUT2D eigenvalue weighted by Crippen LogP contribution is 2.34. The number of halogens is 1. The van der Waals surface area contributed by atoms with Gasteiger partial charge in [0.2, 0.25) is 0 Å². The lowest BCUT2D eigenvalue weighted by molar-refractivity contribution is 0.416. The molecule has 0 aliphatic heterocycles. The Bertz CT molecular complexity index is 1200. The summed E-state index contributed by atoms with van der Waals surface area (Å²) in [5.74, 6) is 0.759. The molecular formula is C20H16BrN3O2S2. The lowest BCUT2D eigenvalue weighted by atomic mass is 10.2. The van der Waals surface area contributed by atoms with Gasteiger partial charge in [-0.1, -0.05) is 15.9 Å². The first kappa shape index (κ1) is 19.0. The number of aryl methyl sites for hydroxylation is 1. The van der Waals surface area contributed by atoms with Crippen LogP contribution in [0.3, 0.4) is 0 Å². The molecule has 0 spiro atoms. The number of thiophene rings is 1. The Morgan fingerprint density at radius 2 is 2.04 bits per heavy atom. The van der Waals surface area contributed by atoms with Gasteiger partial charge in [-0.25, -0.2) is 9.67 Å². The summed E-state index contributed by atoms with van der Waals surface area (Å²) in [5.41, 5.74) is 2.35. The van der Waals surface area contributed by atoms with Crippen molar-refractivity contribution in [2.24, 2.45) is 0 Å². The van der Waals surface area contributed by atoms with Gasteiger partial charge in [0.15, 0.2) is 0 Å². The van der Waals surface area contributed by atoms with Crippen molar-refractivity contribution < 1.29 is 4.74 Å². The molecule has 0 unspecified atom stereocenters. The molecule has 0 fully saturated rings. The van der Waals surface area contributed by atoms with Gasteiger partial charge in [-0.05, 0) is 43.3 Å². The molecule has 0 aliphatic carbocycles. The first-order valence-corrected chi connectivity index (χ1v) is 11.0. The molecule has 0 bridgehead atoms. The Labute approximate surface area is 178 Å². The van der Waals surface area contributed by atoms with Crippen LogP contribution in [-0.2, 0) is 6.54 Å². The summed E-state index contributed by atoms with van der Waals surface area (Å²) in [4.78, 5) is 19.2. The van der Waals surface area contributed by atoms with Gasteiger partial charge in [0.25, 0.3) is 5.56 Å². The van der Waals surface area contributed by atoms with E-state index in [0.29, 0.717) is 6.54 Å². The van der Waals surface area contributed by atoms with E-state index in [9.17, 15) is 4.79 Å². The van der Waals surface area contributed by atoms with Gasteiger partial charge < -0.3 is 4.74 Å². The Kier molecular flexibility index (Phi) is 5.43. The molecule has 4 rings (SSSR count). The van der Waals surface area contributed by atoms with Crippen molar-refractivity contribution in [1.29, 1.82) is 0 Å². The smallest absolute Gasteiger partial charge is 0.267 e. The normalized spacial score (nSPS) is 11.0. The Balaban J connectivity index is 1.65. The van der Waals surface area contributed by atoms with Crippen molar-refractivity contribution in [3.8, 4) is 26.9 Å². The average Bonchev–Trinajstić information content (AvgIpc) is 3.32. The highest BCUT2D eigenvalue weighted by Gasteiger charge is 2.13. The quantitative estimate of drug-likeness (QED) is 0.398. The summed E-state index contributed by atoms with van der Waals surface area (Å²) in [5, 5.41) is 7.32. The maximum Gasteiger partial charge on any atom is 0.267 e. The van der Waals surface area contributed by atoms with Crippen LogP contribution in [0.5, 0.6) is 5.75 Å². The average molecular weight is 474 g/mol. The second kappa shape index (κ2) is 7.98. The van der Waals surface area contributed by atoms with Gasteiger partial charge in [-0.3, -0.25) is 4.79 Å². The van der Waals surface area contributed by atoms with Gasteiger partial charge in [-0.15, -0.1) is 22.7 Å². The van der Waals surface area contributed by atoms with Crippen LogP contribution in [0.2, 0.25) is 0 Å². The number of hydrogen-bond acceptors (Lipinski definition) is 6. The zero-order valence-electron chi connectivity index (χ0n) is 15.2. The van der Waals surface area contributed by atoms with Crippen LogP contribution >= 0.6 is 38.6 Å². The zero-order valence-corrected chi connectivity index (χ0v) is 18.4. The molecule has 4 aromatic rings. The molecular weight excluding hydrogens is 458 g/mol. The predicted molar refractivity (Wildman–Crippen MR) is 117 cm³/mol. The maximum atomic E-state index is 12.3. The first-order chi connectivity index (χ1) is 13.5. The largest absolute Gasteiger partial charge is 0.496 e. The molecule has 0 atom stereocenters. The minimum atomic E-state index is -0.147. The molecule has 0 radical (unpaired) electrons. The summed E-state index contributed by atoms with van der Waals surface area (Å²) in [6.07, 6.45) is 0. The number of methoxy groups -OCH3 is 1. The molecule has 5 nitrogen and oxygen atoms in total. The predicted octanol–water partition coefficient (Wildman–Crippen LogP) is 5.22. The third kappa shape index (κ3) is 3.94. The number of thiazole rings is 1. The van der Waals surface area contributed by atoms with Crippen LogP contribution < -0.4 is 10.3 Å². The number of hydrogen-bond donors (Lipinski definition) is 0. The van der Waals surface area contributed by atoms with Crippen molar-refractivity contribution in [3.05, 3.63) is 73.2 Å². The second-order valence-corrected chi connectivity index (χ2v) is 9.18. The van der Waals surface area contributed by atoms with Crippen LogP contribution in [0.25, 0.3) is 21.1 Å². The third-order valence-electron chi connectivity index (χ3n) is 4.11. The molecule has 0 saturated heterocycles. The van der Waals surface area contributed by atoms with Crippen molar-refractivity contribution in [2.45, 2.75) is 13.5 Å². The Hall–Kier alpha value is -2.29. The highest BCUT2D eigenvalue weighted by molar-refractivity contribution is 9.10. The molecule has 142 valence electrons. The molecule has 0 N–H and O–H groups in total.